The minimum Gasteiger partial charge on any atom is -0.462 e. The van der Waals surface area contributed by atoms with Gasteiger partial charge < -0.3 is 14.6 Å². The van der Waals surface area contributed by atoms with Crippen molar-refractivity contribution in [2.45, 2.75) is 136 Å². The first kappa shape index (κ1) is 46.3. The summed E-state index contributed by atoms with van der Waals surface area (Å²) in [4.78, 5) is 24.2. The Balaban J connectivity index is 3.84. The lowest BCUT2D eigenvalue weighted by atomic mass is 10.2. The standard InChI is InChI=1S/C45H68O5/c1-3-5-7-9-11-13-15-17-19-21-22-24-25-27-29-31-33-35-37-39-44(47)49-42-43(41-46)50-45(48)40-38-36-34-32-30-28-26-23-20-18-16-14-12-10-8-6-4-2/h5,7,11-14,17-20,22,24,26-29,32-35,43,46H,3-4,6,8-10,15-16,21,23,25,30-31,36-42H2,1-2H3. The Morgan fingerprint density at radius 2 is 0.880 bits per heavy atom. The van der Waals surface area contributed by atoms with Crippen LogP contribution >= 0.6 is 0 Å². The number of ether oxygens (including phenoxy) is 2. The van der Waals surface area contributed by atoms with Gasteiger partial charge in [-0.2, -0.15) is 0 Å². The first-order valence-electron chi connectivity index (χ1n) is 19.1. The van der Waals surface area contributed by atoms with Crippen LogP contribution in [-0.2, 0) is 19.1 Å². The third-order valence-corrected chi connectivity index (χ3v) is 7.25. The van der Waals surface area contributed by atoms with Crippen LogP contribution in [0.5, 0.6) is 0 Å². The maximum Gasteiger partial charge on any atom is 0.306 e. The van der Waals surface area contributed by atoms with Gasteiger partial charge in [-0.15, -0.1) is 0 Å². The van der Waals surface area contributed by atoms with Gasteiger partial charge in [-0.3, -0.25) is 9.59 Å². The van der Waals surface area contributed by atoms with Gasteiger partial charge in [0, 0.05) is 12.8 Å². The van der Waals surface area contributed by atoms with Gasteiger partial charge in [0.1, 0.15) is 6.61 Å². The van der Waals surface area contributed by atoms with Crippen LogP contribution in [0.1, 0.15) is 129 Å². The van der Waals surface area contributed by atoms with Crippen molar-refractivity contribution >= 4 is 11.9 Å². The van der Waals surface area contributed by atoms with E-state index in [0.717, 1.165) is 64.2 Å². The predicted octanol–water partition coefficient (Wildman–Crippen LogP) is 12.1. The number of aliphatic hydroxyl groups is 1. The maximum atomic E-state index is 12.1. The van der Waals surface area contributed by atoms with E-state index in [2.05, 4.69) is 123 Å². The second kappa shape index (κ2) is 39.7. The largest absolute Gasteiger partial charge is 0.462 e. The van der Waals surface area contributed by atoms with Gasteiger partial charge in [-0.1, -0.05) is 148 Å². The Bertz CT molecular complexity index is 1100. The number of carbonyl (C=O) groups excluding carboxylic acids is 2. The van der Waals surface area contributed by atoms with Crippen LogP contribution in [0.3, 0.4) is 0 Å². The van der Waals surface area contributed by atoms with Crippen LogP contribution < -0.4 is 0 Å². The van der Waals surface area contributed by atoms with Crippen molar-refractivity contribution in [3.8, 4) is 0 Å². The molecule has 278 valence electrons. The second-order valence-corrected chi connectivity index (χ2v) is 11.9. The van der Waals surface area contributed by atoms with Crippen LogP contribution in [0.15, 0.2) is 122 Å². The lowest BCUT2D eigenvalue weighted by Gasteiger charge is -2.15. The van der Waals surface area contributed by atoms with Crippen LogP contribution in [-0.4, -0.2) is 36.4 Å². The summed E-state index contributed by atoms with van der Waals surface area (Å²) in [6.45, 7) is 3.85. The Morgan fingerprint density at radius 3 is 1.30 bits per heavy atom. The molecule has 5 nitrogen and oxygen atoms in total. The van der Waals surface area contributed by atoms with Crippen molar-refractivity contribution in [3.05, 3.63) is 122 Å². The number of aliphatic hydroxyl groups excluding tert-OH is 1. The molecule has 0 radical (unpaired) electrons. The highest BCUT2D eigenvalue weighted by atomic mass is 16.6. The van der Waals surface area contributed by atoms with E-state index >= 15 is 0 Å². The highest BCUT2D eigenvalue weighted by Gasteiger charge is 2.15. The normalized spacial score (nSPS) is 13.6. The molecule has 0 saturated carbocycles. The molecule has 0 aromatic rings. The van der Waals surface area contributed by atoms with Crippen molar-refractivity contribution < 1.29 is 24.2 Å². The molecule has 1 N–H and O–H groups in total. The van der Waals surface area contributed by atoms with Crippen LogP contribution in [0.4, 0.5) is 0 Å². The fraction of sp³-hybridized carbons (Fsp3) is 0.511. The quantitative estimate of drug-likeness (QED) is 0.0433. The molecule has 1 atom stereocenters. The molecule has 0 aliphatic heterocycles. The number of hydrogen-bond acceptors (Lipinski definition) is 5. The first-order chi connectivity index (χ1) is 24.6. The highest BCUT2D eigenvalue weighted by molar-refractivity contribution is 5.70. The summed E-state index contributed by atoms with van der Waals surface area (Å²) in [6.07, 6.45) is 58.4. The molecule has 0 aliphatic carbocycles. The van der Waals surface area contributed by atoms with Gasteiger partial charge >= 0.3 is 11.9 Å². The van der Waals surface area contributed by atoms with Crippen molar-refractivity contribution in [2.24, 2.45) is 0 Å². The zero-order valence-corrected chi connectivity index (χ0v) is 31.3. The molecule has 0 heterocycles. The van der Waals surface area contributed by atoms with E-state index in [0.29, 0.717) is 12.8 Å². The first-order valence-corrected chi connectivity index (χ1v) is 19.1. The Labute approximate surface area is 305 Å². The molecule has 0 aromatic carbocycles. The summed E-state index contributed by atoms with van der Waals surface area (Å²) >= 11 is 0. The van der Waals surface area contributed by atoms with E-state index in [4.69, 9.17) is 9.47 Å². The fourth-order valence-corrected chi connectivity index (χ4v) is 4.39. The second-order valence-electron chi connectivity index (χ2n) is 11.9. The van der Waals surface area contributed by atoms with E-state index in [1.165, 1.54) is 25.7 Å². The maximum absolute atomic E-state index is 12.1. The van der Waals surface area contributed by atoms with Crippen molar-refractivity contribution in [1.82, 2.24) is 0 Å². The predicted molar refractivity (Wildman–Crippen MR) is 214 cm³/mol. The van der Waals surface area contributed by atoms with Crippen LogP contribution in [0.25, 0.3) is 0 Å². The molecule has 0 aliphatic rings. The van der Waals surface area contributed by atoms with Gasteiger partial charge in [0.05, 0.1) is 6.61 Å². The molecule has 50 heavy (non-hydrogen) atoms. The number of esters is 2. The molecule has 0 spiro atoms. The number of allylic oxidation sites excluding steroid dienone is 20. The lowest BCUT2D eigenvalue weighted by Crippen LogP contribution is -2.28. The van der Waals surface area contributed by atoms with E-state index in [1.807, 2.05) is 12.2 Å². The zero-order chi connectivity index (χ0) is 36.4. The number of carbonyl (C=O) groups is 2. The number of rotatable bonds is 32. The SMILES string of the molecule is CCC=CCC=CCC=CCC=CCC=CCC=CCCC(=O)OCC(CO)OC(=O)CCCC=CCC=CCC=CCC=CCCCCC. The molecule has 5 heteroatoms. The van der Waals surface area contributed by atoms with Gasteiger partial charge in [0.2, 0.25) is 0 Å². The van der Waals surface area contributed by atoms with Crippen molar-refractivity contribution in [1.29, 1.82) is 0 Å². The van der Waals surface area contributed by atoms with Crippen LogP contribution in [0, 0.1) is 0 Å². The lowest BCUT2D eigenvalue weighted by molar-refractivity contribution is -0.161. The minimum absolute atomic E-state index is 0.137. The van der Waals surface area contributed by atoms with Crippen molar-refractivity contribution in [2.75, 3.05) is 13.2 Å². The summed E-state index contributed by atoms with van der Waals surface area (Å²) < 4.78 is 10.5. The summed E-state index contributed by atoms with van der Waals surface area (Å²) in [5, 5.41) is 9.53. The van der Waals surface area contributed by atoms with Gasteiger partial charge in [0.25, 0.3) is 0 Å². The van der Waals surface area contributed by atoms with Gasteiger partial charge in [-0.25, -0.2) is 0 Å². The molecule has 0 saturated heterocycles. The van der Waals surface area contributed by atoms with Crippen LogP contribution in [0.2, 0.25) is 0 Å². The Morgan fingerprint density at radius 1 is 0.480 bits per heavy atom. The average molecular weight is 689 g/mol. The Kier molecular flexibility index (Phi) is 36.8. The summed E-state index contributed by atoms with van der Waals surface area (Å²) in [6, 6.07) is 0. The molecule has 0 rings (SSSR count). The molecule has 0 fully saturated rings. The summed E-state index contributed by atoms with van der Waals surface area (Å²) in [5.41, 5.74) is 0. The smallest absolute Gasteiger partial charge is 0.306 e. The van der Waals surface area contributed by atoms with Gasteiger partial charge in [-0.05, 0) is 89.9 Å². The zero-order valence-electron chi connectivity index (χ0n) is 31.3. The minimum atomic E-state index is -0.839. The average Bonchev–Trinajstić information content (AvgIpc) is 3.12. The summed E-state index contributed by atoms with van der Waals surface area (Å²) in [7, 11) is 0. The van der Waals surface area contributed by atoms with Gasteiger partial charge in [0.15, 0.2) is 6.10 Å². The molecule has 0 aromatic heterocycles. The highest BCUT2D eigenvalue weighted by Crippen LogP contribution is 2.05. The van der Waals surface area contributed by atoms with Crippen molar-refractivity contribution in [3.63, 3.8) is 0 Å². The third-order valence-electron chi connectivity index (χ3n) is 7.25. The van der Waals surface area contributed by atoms with E-state index < -0.39 is 12.1 Å². The molecule has 0 amide bonds. The molecule has 0 bridgehead atoms. The number of hydrogen-bond donors (Lipinski definition) is 1. The molecule has 1 unspecified atom stereocenters. The number of unbranched alkanes of at least 4 members (excludes halogenated alkanes) is 4. The Hall–Kier alpha value is -3.70. The monoisotopic (exact) mass is 689 g/mol. The van der Waals surface area contributed by atoms with E-state index in [1.54, 1.807) is 0 Å². The fourth-order valence-electron chi connectivity index (χ4n) is 4.39. The van der Waals surface area contributed by atoms with E-state index in [-0.39, 0.29) is 32.0 Å². The third kappa shape index (κ3) is 37.1. The molecular weight excluding hydrogens is 620 g/mol. The summed E-state index contributed by atoms with van der Waals surface area (Å²) in [5.74, 6) is -0.770. The molecular formula is C45H68O5. The topological polar surface area (TPSA) is 72.8 Å². The van der Waals surface area contributed by atoms with E-state index in [9.17, 15) is 14.7 Å².